The van der Waals surface area contributed by atoms with Gasteiger partial charge in [0.15, 0.2) is 0 Å². The Morgan fingerprint density at radius 1 is 0.617 bits per heavy atom. The van der Waals surface area contributed by atoms with Gasteiger partial charge in [-0.05, 0) is 89.0 Å². The Hall–Kier alpha value is -6.07. The van der Waals surface area contributed by atoms with Gasteiger partial charge in [0, 0.05) is 27.6 Å². The molecule has 0 fully saturated rings. The Labute approximate surface area is 271 Å². The van der Waals surface area contributed by atoms with E-state index in [9.17, 15) is 4.39 Å². The quantitative estimate of drug-likeness (QED) is 0.188. The van der Waals surface area contributed by atoms with Crippen molar-refractivity contribution in [3.8, 4) is 67.7 Å². The third kappa shape index (κ3) is 4.43. The fraction of sp³-hybridized carbons (Fsp3) is 0.0476. The molecule has 0 bridgehead atoms. The molecule has 0 radical (unpaired) electrons. The average molecular weight is 610 g/mol. The van der Waals surface area contributed by atoms with Crippen molar-refractivity contribution in [2.45, 2.75) is 6.92 Å². The zero-order valence-electron chi connectivity index (χ0n) is 25.6. The zero-order valence-corrected chi connectivity index (χ0v) is 25.6. The molecule has 5 heteroatoms. The summed E-state index contributed by atoms with van der Waals surface area (Å²) in [6.45, 7) is 2.59. The van der Waals surface area contributed by atoms with Crippen LogP contribution in [0.15, 0.2) is 140 Å². The third-order valence-corrected chi connectivity index (χ3v) is 9.02. The molecule has 0 unspecified atom stereocenters. The van der Waals surface area contributed by atoms with Crippen LogP contribution >= 0.6 is 0 Å². The number of hydrogen-bond donors (Lipinski definition) is 0. The number of nitrogens with zero attached hydrogens (tertiary/aromatic N) is 3. The Balaban J connectivity index is 1.34. The molecule has 0 saturated carbocycles. The molecule has 0 saturated heterocycles. The van der Waals surface area contributed by atoms with E-state index in [2.05, 4.69) is 89.5 Å². The van der Waals surface area contributed by atoms with Crippen molar-refractivity contribution in [3.05, 3.63) is 145 Å². The SMILES string of the molecule is CCOc1ccc(-c2cc(-c3ccccc3)nc(-n3c4c(c5cc(-c6ccc(F)cc6)ccc53)-c3cccc5cccc-4c35)n2)cc1. The van der Waals surface area contributed by atoms with Crippen LogP contribution in [0.1, 0.15) is 6.92 Å². The van der Waals surface area contributed by atoms with Crippen molar-refractivity contribution in [1.29, 1.82) is 0 Å². The van der Waals surface area contributed by atoms with Gasteiger partial charge >= 0.3 is 0 Å². The third-order valence-electron chi connectivity index (χ3n) is 9.02. The summed E-state index contributed by atoms with van der Waals surface area (Å²) in [4.78, 5) is 10.5. The monoisotopic (exact) mass is 609 g/mol. The second-order valence-corrected chi connectivity index (χ2v) is 11.8. The van der Waals surface area contributed by atoms with Gasteiger partial charge in [0.1, 0.15) is 11.6 Å². The molecule has 0 spiro atoms. The van der Waals surface area contributed by atoms with Gasteiger partial charge in [-0.2, -0.15) is 0 Å². The van der Waals surface area contributed by atoms with Crippen LogP contribution in [-0.2, 0) is 0 Å². The lowest BCUT2D eigenvalue weighted by atomic mass is 9.99. The fourth-order valence-electron chi connectivity index (χ4n) is 6.92. The second kappa shape index (κ2) is 10.8. The predicted octanol–water partition coefficient (Wildman–Crippen LogP) is 10.8. The van der Waals surface area contributed by atoms with Crippen molar-refractivity contribution in [3.63, 3.8) is 0 Å². The van der Waals surface area contributed by atoms with Crippen molar-refractivity contribution < 1.29 is 9.13 Å². The van der Waals surface area contributed by atoms with Crippen molar-refractivity contribution >= 4 is 21.7 Å². The molecule has 2 heterocycles. The number of rotatable bonds is 6. The summed E-state index contributed by atoms with van der Waals surface area (Å²) >= 11 is 0. The number of hydrogen-bond acceptors (Lipinski definition) is 3. The number of ether oxygens (including phenoxy) is 1. The van der Waals surface area contributed by atoms with Gasteiger partial charge in [0.25, 0.3) is 0 Å². The summed E-state index contributed by atoms with van der Waals surface area (Å²) in [5, 5.41) is 3.52. The predicted molar refractivity (Wildman–Crippen MR) is 188 cm³/mol. The molecule has 2 aromatic heterocycles. The number of benzene rings is 6. The minimum atomic E-state index is -0.247. The standard InChI is InChI=1S/C42H28FN3O/c1-2-47-32-21-16-28(17-22-32)37-25-36(27-8-4-3-5-9-27)44-42(45-37)46-38-23-18-30(26-14-19-31(43)20-15-26)24-35(38)40-33-12-6-10-29-11-7-13-34(39(29)33)41(40)46/h3-25H,2H2,1H3. The lowest BCUT2D eigenvalue weighted by Crippen LogP contribution is -2.05. The number of fused-ring (bicyclic) bond motifs is 5. The van der Waals surface area contributed by atoms with E-state index in [1.165, 1.54) is 28.5 Å². The van der Waals surface area contributed by atoms with Crippen LogP contribution in [0.3, 0.4) is 0 Å². The largest absolute Gasteiger partial charge is 0.494 e. The lowest BCUT2D eigenvalue weighted by molar-refractivity contribution is 0.340. The summed E-state index contributed by atoms with van der Waals surface area (Å²) < 4.78 is 21.8. The molecule has 0 N–H and O–H groups in total. The van der Waals surface area contributed by atoms with Gasteiger partial charge < -0.3 is 4.74 Å². The van der Waals surface area contributed by atoms with E-state index in [0.29, 0.717) is 12.6 Å². The van der Waals surface area contributed by atoms with Crippen LogP contribution in [0.25, 0.3) is 83.6 Å². The van der Waals surface area contributed by atoms with Crippen LogP contribution in [0.4, 0.5) is 4.39 Å². The van der Waals surface area contributed by atoms with E-state index in [1.54, 1.807) is 0 Å². The first-order chi connectivity index (χ1) is 23.2. The van der Waals surface area contributed by atoms with Gasteiger partial charge in [-0.3, -0.25) is 4.57 Å². The van der Waals surface area contributed by atoms with E-state index in [4.69, 9.17) is 14.7 Å². The number of halogens is 1. The molecule has 1 aliphatic rings. The molecule has 8 aromatic rings. The van der Waals surface area contributed by atoms with E-state index >= 15 is 0 Å². The van der Waals surface area contributed by atoms with Gasteiger partial charge in [0.2, 0.25) is 5.95 Å². The molecule has 6 aromatic carbocycles. The molecule has 0 aliphatic heterocycles. The van der Waals surface area contributed by atoms with Crippen LogP contribution in [0.5, 0.6) is 5.75 Å². The molecule has 0 amide bonds. The highest BCUT2D eigenvalue weighted by Crippen LogP contribution is 2.53. The molecule has 224 valence electrons. The Morgan fingerprint density at radius 3 is 2.00 bits per heavy atom. The van der Waals surface area contributed by atoms with Crippen molar-refractivity contribution in [1.82, 2.24) is 14.5 Å². The zero-order chi connectivity index (χ0) is 31.5. The van der Waals surface area contributed by atoms with E-state index in [0.717, 1.165) is 67.1 Å². The minimum Gasteiger partial charge on any atom is -0.494 e. The molecule has 4 nitrogen and oxygen atoms in total. The van der Waals surface area contributed by atoms with Crippen molar-refractivity contribution in [2.75, 3.05) is 6.61 Å². The molecule has 0 atom stereocenters. The Kier molecular flexibility index (Phi) is 6.25. The average Bonchev–Trinajstić information content (AvgIpc) is 3.63. The normalized spacial score (nSPS) is 11.7. The molecule has 1 aliphatic carbocycles. The molecule has 47 heavy (non-hydrogen) atoms. The van der Waals surface area contributed by atoms with Gasteiger partial charge in [-0.15, -0.1) is 0 Å². The highest BCUT2D eigenvalue weighted by molar-refractivity contribution is 6.22. The van der Waals surface area contributed by atoms with E-state index in [-0.39, 0.29) is 5.82 Å². The summed E-state index contributed by atoms with van der Waals surface area (Å²) in [6, 6.07) is 46.5. The first kappa shape index (κ1) is 27.3. The molecular formula is C42H28FN3O. The summed E-state index contributed by atoms with van der Waals surface area (Å²) in [6.07, 6.45) is 0. The van der Waals surface area contributed by atoms with Crippen LogP contribution < -0.4 is 4.74 Å². The first-order valence-electron chi connectivity index (χ1n) is 15.8. The van der Waals surface area contributed by atoms with Crippen LogP contribution in [0.2, 0.25) is 0 Å². The van der Waals surface area contributed by atoms with Gasteiger partial charge in [0.05, 0.1) is 29.2 Å². The summed E-state index contributed by atoms with van der Waals surface area (Å²) in [5.41, 5.74) is 11.2. The minimum absolute atomic E-state index is 0.247. The maximum Gasteiger partial charge on any atom is 0.235 e. The summed E-state index contributed by atoms with van der Waals surface area (Å²) in [7, 11) is 0. The Bertz CT molecular complexity index is 2460. The fourth-order valence-corrected chi connectivity index (χ4v) is 6.92. The first-order valence-corrected chi connectivity index (χ1v) is 15.8. The molecule has 9 rings (SSSR count). The maximum absolute atomic E-state index is 13.8. The maximum atomic E-state index is 13.8. The van der Waals surface area contributed by atoms with Crippen molar-refractivity contribution in [2.24, 2.45) is 0 Å². The van der Waals surface area contributed by atoms with E-state index < -0.39 is 0 Å². The second-order valence-electron chi connectivity index (χ2n) is 11.8. The number of aromatic nitrogens is 3. The van der Waals surface area contributed by atoms with Gasteiger partial charge in [-0.1, -0.05) is 84.9 Å². The smallest absolute Gasteiger partial charge is 0.235 e. The molecular weight excluding hydrogens is 581 g/mol. The summed E-state index contributed by atoms with van der Waals surface area (Å²) in [5.74, 6) is 1.18. The van der Waals surface area contributed by atoms with Gasteiger partial charge in [-0.25, -0.2) is 14.4 Å². The Morgan fingerprint density at radius 2 is 1.28 bits per heavy atom. The lowest BCUT2D eigenvalue weighted by Gasteiger charge is -2.14. The van der Waals surface area contributed by atoms with Crippen LogP contribution in [-0.4, -0.2) is 21.1 Å². The van der Waals surface area contributed by atoms with Crippen LogP contribution in [0, 0.1) is 5.82 Å². The topological polar surface area (TPSA) is 39.9 Å². The van der Waals surface area contributed by atoms with E-state index in [1.807, 2.05) is 49.4 Å². The highest BCUT2D eigenvalue weighted by Gasteiger charge is 2.30. The highest BCUT2D eigenvalue weighted by atomic mass is 19.1.